The van der Waals surface area contributed by atoms with E-state index in [9.17, 15) is 9.59 Å². The molecule has 1 aliphatic heterocycles. The van der Waals surface area contributed by atoms with E-state index in [-0.39, 0.29) is 12.2 Å². The van der Waals surface area contributed by atoms with Gasteiger partial charge in [0.15, 0.2) is 4.80 Å². The Balaban J connectivity index is 1.96. The van der Waals surface area contributed by atoms with Crippen molar-refractivity contribution in [3.05, 3.63) is 100 Å². The van der Waals surface area contributed by atoms with Gasteiger partial charge in [-0.1, -0.05) is 70.4 Å². The molecule has 1 aromatic heterocycles. The highest BCUT2D eigenvalue weighted by atomic mass is 35.5. The number of hydrogen-bond donors (Lipinski definition) is 0. The zero-order valence-electron chi connectivity index (χ0n) is 17.7. The highest BCUT2D eigenvalue weighted by Crippen LogP contribution is 2.31. The van der Waals surface area contributed by atoms with Gasteiger partial charge in [0.25, 0.3) is 5.56 Å². The van der Waals surface area contributed by atoms with Crippen LogP contribution in [0.4, 0.5) is 0 Å². The maximum absolute atomic E-state index is 13.5. The predicted molar refractivity (Wildman–Crippen MR) is 128 cm³/mol. The van der Waals surface area contributed by atoms with E-state index >= 15 is 0 Å². The van der Waals surface area contributed by atoms with Crippen molar-refractivity contribution in [2.45, 2.75) is 26.8 Å². The van der Waals surface area contributed by atoms with E-state index in [4.69, 9.17) is 27.9 Å². The van der Waals surface area contributed by atoms with E-state index in [1.807, 2.05) is 31.2 Å². The standard InChI is InChI=1S/C24H20Cl2N2O3S/c1-4-31-23(30)20-14(3)27-24-28(21(20)15-7-5-13(2)6-8-15)22(29)19(32-24)11-16-9-10-17(25)12-18(16)26/h5-12,21H,4H2,1-3H3/b19-11+/t21-/m0/s1. The van der Waals surface area contributed by atoms with Crippen LogP contribution in [0.5, 0.6) is 0 Å². The number of ether oxygens (including phenoxy) is 1. The first-order valence-electron chi connectivity index (χ1n) is 10.0. The molecule has 2 heterocycles. The summed E-state index contributed by atoms with van der Waals surface area (Å²) in [4.78, 5) is 31.5. The first kappa shape index (κ1) is 22.5. The third-order valence-corrected chi connectivity index (χ3v) is 6.70. The van der Waals surface area contributed by atoms with Crippen molar-refractivity contribution < 1.29 is 9.53 Å². The number of thiazole rings is 1. The van der Waals surface area contributed by atoms with Crippen molar-refractivity contribution in [3.63, 3.8) is 0 Å². The van der Waals surface area contributed by atoms with Crippen LogP contribution in [0.25, 0.3) is 6.08 Å². The minimum Gasteiger partial charge on any atom is -0.463 e. The molecule has 0 saturated carbocycles. The number of aromatic nitrogens is 1. The summed E-state index contributed by atoms with van der Waals surface area (Å²) in [6.45, 7) is 5.73. The Hall–Kier alpha value is -2.67. The predicted octanol–water partition coefficient (Wildman–Crippen LogP) is 4.41. The lowest BCUT2D eigenvalue weighted by molar-refractivity contribution is -0.139. The molecule has 0 saturated heterocycles. The van der Waals surface area contributed by atoms with Gasteiger partial charge in [0, 0.05) is 10.0 Å². The van der Waals surface area contributed by atoms with Crippen molar-refractivity contribution >= 4 is 46.6 Å². The van der Waals surface area contributed by atoms with Gasteiger partial charge in [-0.15, -0.1) is 0 Å². The summed E-state index contributed by atoms with van der Waals surface area (Å²) in [7, 11) is 0. The van der Waals surface area contributed by atoms with Gasteiger partial charge >= 0.3 is 5.97 Å². The zero-order chi connectivity index (χ0) is 23.0. The molecule has 3 aromatic rings. The van der Waals surface area contributed by atoms with Crippen LogP contribution in [0, 0.1) is 6.92 Å². The molecule has 32 heavy (non-hydrogen) atoms. The molecule has 0 radical (unpaired) electrons. The van der Waals surface area contributed by atoms with Crippen LogP contribution in [0.3, 0.4) is 0 Å². The van der Waals surface area contributed by atoms with Gasteiger partial charge in [-0.25, -0.2) is 9.79 Å². The molecule has 2 aromatic carbocycles. The number of rotatable bonds is 4. The van der Waals surface area contributed by atoms with Crippen LogP contribution in [0.2, 0.25) is 10.0 Å². The van der Waals surface area contributed by atoms with E-state index in [0.29, 0.717) is 36.2 Å². The smallest absolute Gasteiger partial charge is 0.338 e. The molecule has 0 fully saturated rings. The van der Waals surface area contributed by atoms with E-state index in [1.54, 1.807) is 42.7 Å². The van der Waals surface area contributed by atoms with Crippen molar-refractivity contribution in [1.82, 2.24) is 4.57 Å². The molecule has 0 unspecified atom stereocenters. The Morgan fingerprint density at radius 3 is 2.56 bits per heavy atom. The van der Waals surface area contributed by atoms with Crippen LogP contribution in [0.15, 0.2) is 63.5 Å². The molecule has 0 bridgehead atoms. The van der Waals surface area contributed by atoms with Crippen molar-refractivity contribution in [3.8, 4) is 0 Å². The summed E-state index contributed by atoms with van der Waals surface area (Å²) in [5.41, 5.74) is 3.21. The molecule has 0 amide bonds. The van der Waals surface area contributed by atoms with Gasteiger partial charge in [0.05, 0.1) is 28.5 Å². The second-order valence-electron chi connectivity index (χ2n) is 7.38. The Morgan fingerprint density at radius 2 is 1.91 bits per heavy atom. The maximum atomic E-state index is 13.5. The lowest BCUT2D eigenvalue weighted by Gasteiger charge is -2.24. The molecule has 164 valence electrons. The summed E-state index contributed by atoms with van der Waals surface area (Å²) in [5, 5.41) is 0.962. The lowest BCUT2D eigenvalue weighted by atomic mass is 9.95. The molecule has 0 aliphatic carbocycles. The Labute approximate surface area is 198 Å². The van der Waals surface area contributed by atoms with Crippen LogP contribution in [-0.4, -0.2) is 17.1 Å². The fourth-order valence-electron chi connectivity index (χ4n) is 3.62. The molecule has 5 nitrogen and oxygen atoms in total. The van der Waals surface area contributed by atoms with Gasteiger partial charge < -0.3 is 4.74 Å². The van der Waals surface area contributed by atoms with E-state index in [0.717, 1.165) is 11.1 Å². The quantitative estimate of drug-likeness (QED) is 0.513. The molecular formula is C24H20Cl2N2O3S. The normalized spacial score (nSPS) is 16.0. The monoisotopic (exact) mass is 486 g/mol. The molecule has 8 heteroatoms. The summed E-state index contributed by atoms with van der Waals surface area (Å²) in [5.74, 6) is -0.477. The number of carbonyl (C=O) groups is 1. The fraction of sp³-hybridized carbons (Fsp3) is 0.208. The van der Waals surface area contributed by atoms with Crippen molar-refractivity contribution in [2.75, 3.05) is 6.61 Å². The van der Waals surface area contributed by atoms with Crippen LogP contribution in [0.1, 0.15) is 36.6 Å². The van der Waals surface area contributed by atoms with Gasteiger partial charge in [-0.05, 0) is 50.1 Å². The first-order valence-corrected chi connectivity index (χ1v) is 11.6. The minimum atomic E-state index is -0.631. The summed E-state index contributed by atoms with van der Waals surface area (Å²) < 4.78 is 7.33. The average Bonchev–Trinajstić information content (AvgIpc) is 3.04. The number of carbonyl (C=O) groups excluding carboxylic acids is 1. The lowest BCUT2D eigenvalue weighted by Crippen LogP contribution is -2.39. The summed E-state index contributed by atoms with van der Waals surface area (Å²) >= 11 is 13.6. The topological polar surface area (TPSA) is 60.7 Å². The molecule has 0 spiro atoms. The number of esters is 1. The maximum Gasteiger partial charge on any atom is 0.338 e. The van der Waals surface area contributed by atoms with Crippen LogP contribution in [-0.2, 0) is 9.53 Å². The second kappa shape index (κ2) is 9.06. The molecule has 0 N–H and O–H groups in total. The number of halogens is 2. The number of hydrogen-bond acceptors (Lipinski definition) is 5. The van der Waals surface area contributed by atoms with Crippen LogP contribution >= 0.6 is 34.5 Å². The number of fused-ring (bicyclic) bond motifs is 1. The fourth-order valence-corrected chi connectivity index (χ4v) is 5.12. The second-order valence-corrected chi connectivity index (χ2v) is 9.23. The minimum absolute atomic E-state index is 0.232. The SMILES string of the molecule is CCOC(=O)C1=C(C)N=c2s/c(=C/c3ccc(Cl)cc3Cl)c(=O)n2[C@H]1c1ccc(C)cc1. The Bertz CT molecular complexity index is 1420. The number of benzene rings is 2. The van der Waals surface area contributed by atoms with Crippen molar-refractivity contribution in [2.24, 2.45) is 4.99 Å². The Morgan fingerprint density at radius 1 is 1.19 bits per heavy atom. The van der Waals surface area contributed by atoms with E-state index in [1.165, 1.54) is 11.3 Å². The van der Waals surface area contributed by atoms with Gasteiger partial charge in [0.2, 0.25) is 0 Å². The van der Waals surface area contributed by atoms with Crippen LogP contribution < -0.4 is 14.9 Å². The highest BCUT2D eigenvalue weighted by Gasteiger charge is 2.33. The number of aryl methyl sites for hydroxylation is 1. The number of allylic oxidation sites excluding steroid dienone is 1. The molecule has 1 aliphatic rings. The van der Waals surface area contributed by atoms with Gasteiger partial charge in [-0.3, -0.25) is 9.36 Å². The van der Waals surface area contributed by atoms with E-state index < -0.39 is 12.0 Å². The highest BCUT2D eigenvalue weighted by molar-refractivity contribution is 7.07. The van der Waals surface area contributed by atoms with Gasteiger partial charge in [0.1, 0.15) is 0 Å². The zero-order valence-corrected chi connectivity index (χ0v) is 20.0. The largest absolute Gasteiger partial charge is 0.463 e. The van der Waals surface area contributed by atoms with Gasteiger partial charge in [-0.2, -0.15) is 0 Å². The average molecular weight is 487 g/mol. The third-order valence-electron chi connectivity index (χ3n) is 5.16. The molecule has 4 rings (SSSR count). The van der Waals surface area contributed by atoms with Crippen molar-refractivity contribution in [1.29, 1.82) is 0 Å². The Kier molecular flexibility index (Phi) is 6.38. The number of nitrogens with zero attached hydrogens (tertiary/aromatic N) is 2. The summed E-state index contributed by atoms with van der Waals surface area (Å²) in [6.07, 6.45) is 1.72. The molecular weight excluding hydrogens is 467 g/mol. The third kappa shape index (κ3) is 4.18. The van der Waals surface area contributed by atoms with E-state index in [2.05, 4.69) is 4.99 Å². The summed E-state index contributed by atoms with van der Waals surface area (Å²) in [6, 6.07) is 12.2. The first-order chi connectivity index (χ1) is 15.3. The molecule has 1 atom stereocenters.